The molecule has 1 heterocycles. The number of nitrogens with zero attached hydrogens (tertiary/aromatic N) is 3. The second kappa shape index (κ2) is 7.16. The van der Waals surface area contributed by atoms with Gasteiger partial charge in [0.25, 0.3) is 0 Å². The van der Waals surface area contributed by atoms with E-state index in [0.717, 1.165) is 34.7 Å². The van der Waals surface area contributed by atoms with E-state index in [1.54, 1.807) is 0 Å². The molecule has 0 fully saturated rings. The third kappa shape index (κ3) is 3.40. The van der Waals surface area contributed by atoms with Gasteiger partial charge < -0.3 is 0 Å². The molecule has 0 aliphatic heterocycles. The van der Waals surface area contributed by atoms with Crippen molar-refractivity contribution in [2.75, 3.05) is 20.6 Å². The quantitative estimate of drug-likeness (QED) is 0.686. The van der Waals surface area contributed by atoms with Crippen LogP contribution in [0.1, 0.15) is 11.3 Å². The predicted molar refractivity (Wildman–Crippen MR) is 99.2 cm³/mol. The Morgan fingerprint density at radius 3 is 2.21 bits per heavy atom. The molecule has 3 aromatic rings. The first-order valence-corrected chi connectivity index (χ1v) is 8.01. The summed E-state index contributed by atoms with van der Waals surface area (Å²) < 4.78 is 1.99. The number of hydrogen-bond donors (Lipinski definition) is 0. The zero-order valence-corrected chi connectivity index (χ0v) is 14.3. The van der Waals surface area contributed by atoms with Gasteiger partial charge in [-0.3, -0.25) is 4.90 Å². The molecule has 0 radical (unpaired) electrons. The van der Waals surface area contributed by atoms with E-state index in [9.17, 15) is 0 Å². The number of hydrogen-bond acceptors (Lipinski definition) is 2. The molecule has 120 valence electrons. The van der Waals surface area contributed by atoms with Crippen LogP contribution in [-0.4, -0.2) is 35.3 Å². The van der Waals surface area contributed by atoms with Crippen molar-refractivity contribution in [3.8, 4) is 28.8 Å². The lowest BCUT2D eigenvalue weighted by molar-refractivity contribution is 0.464. The summed E-state index contributed by atoms with van der Waals surface area (Å²) in [6.45, 7) is 2.75. The van der Waals surface area contributed by atoms with Crippen LogP contribution in [0.25, 0.3) is 16.9 Å². The molecule has 0 aliphatic carbocycles. The van der Waals surface area contributed by atoms with Crippen LogP contribution < -0.4 is 0 Å². The summed E-state index contributed by atoms with van der Waals surface area (Å²) in [5, 5.41) is 4.76. The van der Waals surface area contributed by atoms with Gasteiger partial charge in [0.2, 0.25) is 0 Å². The van der Waals surface area contributed by atoms with Crippen LogP contribution in [0.3, 0.4) is 0 Å². The molecule has 0 N–H and O–H groups in total. The summed E-state index contributed by atoms with van der Waals surface area (Å²) >= 11 is 0. The molecular formula is C21H21N3. The van der Waals surface area contributed by atoms with Gasteiger partial charge in [-0.05, 0) is 33.2 Å². The maximum atomic E-state index is 4.76. The number of aryl methyl sites for hydroxylation is 1. The molecular weight excluding hydrogens is 294 g/mol. The van der Waals surface area contributed by atoms with Gasteiger partial charge >= 0.3 is 0 Å². The summed E-state index contributed by atoms with van der Waals surface area (Å²) in [6, 6.07) is 20.5. The Bertz CT molecular complexity index is 866. The smallest absolute Gasteiger partial charge is 0.0900 e. The van der Waals surface area contributed by atoms with Crippen LogP contribution in [0.15, 0.2) is 60.7 Å². The first kappa shape index (κ1) is 16.0. The van der Waals surface area contributed by atoms with E-state index in [0.29, 0.717) is 0 Å². The van der Waals surface area contributed by atoms with Crippen LogP contribution in [0.5, 0.6) is 0 Å². The first-order chi connectivity index (χ1) is 11.7. The number of para-hydroxylation sites is 1. The van der Waals surface area contributed by atoms with E-state index in [2.05, 4.69) is 41.0 Å². The minimum atomic E-state index is 0.726. The highest BCUT2D eigenvalue weighted by Gasteiger charge is 2.16. The van der Waals surface area contributed by atoms with E-state index in [1.807, 2.05) is 62.1 Å². The Kier molecular flexibility index (Phi) is 4.79. The average Bonchev–Trinajstić information content (AvgIpc) is 2.93. The summed E-state index contributed by atoms with van der Waals surface area (Å²) in [6.07, 6.45) is 0. The topological polar surface area (TPSA) is 21.1 Å². The van der Waals surface area contributed by atoms with Gasteiger partial charge in [0.05, 0.1) is 29.2 Å². The summed E-state index contributed by atoms with van der Waals surface area (Å²) in [5.74, 6) is 6.57. The second-order valence-corrected chi connectivity index (χ2v) is 5.96. The second-order valence-electron chi connectivity index (χ2n) is 5.96. The molecule has 0 unspecified atom stereocenters. The average molecular weight is 315 g/mol. The number of aromatic nitrogens is 2. The summed E-state index contributed by atoms with van der Waals surface area (Å²) in [5.41, 5.74) is 5.15. The molecule has 1 aromatic heterocycles. The SMILES string of the molecule is Cc1nn(-c2ccccc2)c(-c2ccccc2)c1C#CCN(C)C. The lowest BCUT2D eigenvalue weighted by Crippen LogP contribution is -2.10. The third-order valence-corrected chi connectivity index (χ3v) is 3.72. The molecule has 0 spiro atoms. The molecule has 0 aliphatic rings. The Balaban J connectivity index is 2.18. The molecule has 0 amide bonds. The van der Waals surface area contributed by atoms with E-state index < -0.39 is 0 Å². The molecule has 0 atom stereocenters. The molecule has 0 saturated heterocycles. The third-order valence-electron chi connectivity index (χ3n) is 3.72. The van der Waals surface area contributed by atoms with Crippen molar-refractivity contribution < 1.29 is 0 Å². The van der Waals surface area contributed by atoms with Crippen molar-refractivity contribution >= 4 is 0 Å². The zero-order chi connectivity index (χ0) is 16.9. The molecule has 0 bridgehead atoms. The fourth-order valence-electron chi connectivity index (χ4n) is 2.58. The monoisotopic (exact) mass is 315 g/mol. The maximum Gasteiger partial charge on any atom is 0.0900 e. The Labute approximate surface area is 143 Å². The Morgan fingerprint density at radius 1 is 0.958 bits per heavy atom. The van der Waals surface area contributed by atoms with Crippen LogP contribution >= 0.6 is 0 Å². The van der Waals surface area contributed by atoms with Gasteiger partial charge in [-0.15, -0.1) is 0 Å². The van der Waals surface area contributed by atoms with E-state index >= 15 is 0 Å². The molecule has 3 rings (SSSR count). The normalized spacial score (nSPS) is 10.5. The molecule has 0 saturated carbocycles. The number of benzene rings is 2. The maximum absolute atomic E-state index is 4.76. The van der Waals surface area contributed by atoms with Crippen molar-refractivity contribution in [1.82, 2.24) is 14.7 Å². The van der Waals surface area contributed by atoms with Gasteiger partial charge in [-0.2, -0.15) is 5.10 Å². The van der Waals surface area contributed by atoms with Crippen LogP contribution in [0.4, 0.5) is 0 Å². The van der Waals surface area contributed by atoms with Gasteiger partial charge in [0.15, 0.2) is 0 Å². The fourth-order valence-corrected chi connectivity index (χ4v) is 2.58. The minimum absolute atomic E-state index is 0.726. The summed E-state index contributed by atoms with van der Waals surface area (Å²) in [4.78, 5) is 2.06. The lowest BCUT2D eigenvalue weighted by atomic mass is 10.1. The van der Waals surface area contributed by atoms with Crippen molar-refractivity contribution in [3.05, 3.63) is 71.9 Å². The molecule has 24 heavy (non-hydrogen) atoms. The fraction of sp³-hybridized carbons (Fsp3) is 0.190. The Hall–Kier alpha value is -2.83. The van der Waals surface area contributed by atoms with Crippen molar-refractivity contribution in [2.45, 2.75) is 6.92 Å². The standard InChI is InChI=1S/C21H21N3/c1-17-20(15-10-16-23(2)3)21(18-11-6-4-7-12-18)24(22-17)19-13-8-5-9-14-19/h4-9,11-14H,16H2,1-3H3. The van der Waals surface area contributed by atoms with E-state index in [-0.39, 0.29) is 0 Å². The lowest BCUT2D eigenvalue weighted by Gasteiger charge is -2.08. The van der Waals surface area contributed by atoms with Gasteiger partial charge in [0, 0.05) is 5.56 Å². The largest absolute Gasteiger partial charge is 0.299 e. The van der Waals surface area contributed by atoms with Crippen molar-refractivity contribution in [1.29, 1.82) is 0 Å². The van der Waals surface area contributed by atoms with Crippen LogP contribution in [0.2, 0.25) is 0 Å². The Morgan fingerprint density at radius 2 is 1.58 bits per heavy atom. The van der Waals surface area contributed by atoms with Crippen molar-refractivity contribution in [3.63, 3.8) is 0 Å². The van der Waals surface area contributed by atoms with Gasteiger partial charge in [-0.1, -0.05) is 60.4 Å². The zero-order valence-electron chi connectivity index (χ0n) is 14.3. The van der Waals surface area contributed by atoms with Gasteiger partial charge in [0.1, 0.15) is 0 Å². The molecule has 2 aromatic carbocycles. The number of rotatable bonds is 3. The summed E-state index contributed by atoms with van der Waals surface area (Å²) in [7, 11) is 4.04. The van der Waals surface area contributed by atoms with Crippen LogP contribution in [0, 0.1) is 18.8 Å². The van der Waals surface area contributed by atoms with Gasteiger partial charge in [-0.25, -0.2) is 4.68 Å². The minimum Gasteiger partial charge on any atom is -0.299 e. The molecule has 3 heteroatoms. The van der Waals surface area contributed by atoms with Crippen LogP contribution in [-0.2, 0) is 0 Å². The highest BCUT2D eigenvalue weighted by molar-refractivity contribution is 5.71. The highest BCUT2D eigenvalue weighted by atomic mass is 15.3. The van der Waals surface area contributed by atoms with E-state index in [1.165, 1.54) is 0 Å². The molecule has 3 nitrogen and oxygen atoms in total. The van der Waals surface area contributed by atoms with Crippen molar-refractivity contribution in [2.24, 2.45) is 0 Å². The first-order valence-electron chi connectivity index (χ1n) is 8.01. The highest BCUT2D eigenvalue weighted by Crippen LogP contribution is 2.28. The van der Waals surface area contributed by atoms with E-state index in [4.69, 9.17) is 5.10 Å². The predicted octanol–water partition coefficient (Wildman–Crippen LogP) is 3.76.